The number of hydrogen-bond acceptors (Lipinski definition) is 0. The molecule has 0 spiro atoms. The van der Waals surface area contributed by atoms with Gasteiger partial charge in [0, 0.05) is 0 Å². The summed E-state index contributed by atoms with van der Waals surface area (Å²) in [6.07, 6.45) is 9.46. The van der Waals surface area contributed by atoms with E-state index in [1.54, 1.807) is 0 Å². The Labute approximate surface area is 59.7 Å². The number of unbranched alkanes of at least 4 members (excludes halogenated alkanes) is 6. The molecular formula is C9H17. The lowest BCUT2D eigenvalue weighted by molar-refractivity contribution is 0.714. The zero-order valence-corrected chi connectivity index (χ0v) is 6.23. The molecule has 0 aliphatic rings. The minimum Gasteiger partial charge on any atom is -0.0533 e. The van der Waals surface area contributed by atoms with Gasteiger partial charge >= 0.3 is 0 Å². The summed E-state index contributed by atoms with van der Waals surface area (Å²) in [5.41, 5.74) is 0. The molecule has 0 aromatic heterocycles. The monoisotopic (exact) mass is 125 g/mol. The van der Waals surface area contributed by atoms with Crippen molar-refractivity contribution in [2.75, 3.05) is 0 Å². The van der Waals surface area contributed by atoms with Gasteiger partial charge in [-0.2, -0.15) is 0 Å². The summed E-state index contributed by atoms with van der Waals surface area (Å²) in [5, 5.41) is 0. The smallest absolute Gasteiger partial charge is 0.0386 e. The van der Waals surface area contributed by atoms with E-state index in [1.807, 2.05) is 0 Å². The Hall–Kier alpha value is 0. The van der Waals surface area contributed by atoms with Gasteiger partial charge in [0.15, 0.2) is 0 Å². The van der Waals surface area contributed by atoms with Crippen molar-refractivity contribution in [2.45, 2.75) is 38.5 Å². The molecule has 0 aliphatic carbocycles. The highest BCUT2D eigenvalue weighted by atomic mass is 13.9. The van der Waals surface area contributed by atoms with E-state index < -0.39 is 0 Å². The molecule has 0 unspecified atom stereocenters. The molecule has 0 heteroatoms. The molecule has 0 N–H and O–H groups in total. The Balaban J connectivity index is 2.60. The van der Waals surface area contributed by atoms with Crippen LogP contribution in [0.4, 0.5) is 0 Å². The Bertz CT molecular complexity index is 33.3. The predicted octanol–water partition coefficient (Wildman–Crippen LogP) is 3.20. The van der Waals surface area contributed by atoms with Crippen LogP contribution in [0.3, 0.4) is 0 Å². The Morgan fingerprint density at radius 3 is 2.22 bits per heavy atom. The van der Waals surface area contributed by atoms with Gasteiger partial charge in [-0.15, -0.1) is 0 Å². The van der Waals surface area contributed by atoms with Crippen LogP contribution in [-0.2, 0) is 0 Å². The first-order valence-electron chi connectivity index (χ1n) is 3.82. The largest absolute Gasteiger partial charge is 0.0533 e. The predicted molar refractivity (Wildman–Crippen MR) is 42.7 cm³/mol. The molecule has 53 valence electrons. The number of hydrogen-bond donors (Lipinski definition) is 0. The maximum Gasteiger partial charge on any atom is -0.0386 e. The Kier molecular flexibility index (Phi) is 8.00. The molecule has 0 saturated carbocycles. The topological polar surface area (TPSA) is 0 Å². The van der Waals surface area contributed by atoms with Gasteiger partial charge < -0.3 is 0 Å². The Morgan fingerprint density at radius 1 is 0.889 bits per heavy atom. The van der Waals surface area contributed by atoms with Gasteiger partial charge in [0.25, 0.3) is 0 Å². The van der Waals surface area contributed by atoms with E-state index in [9.17, 15) is 0 Å². The van der Waals surface area contributed by atoms with E-state index in [-0.39, 0.29) is 0 Å². The van der Waals surface area contributed by atoms with Crippen LogP contribution in [0.15, 0.2) is 0 Å². The van der Waals surface area contributed by atoms with Gasteiger partial charge in [-0.1, -0.05) is 52.4 Å². The van der Waals surface area contributed by atoms with E-state index in [2.05, 4.69) is 20.3 Å². The third kappa shape index (κ3) is 8.00. The van der Waals surface area contributed by atoms with Crippen LogP contribution in [-0.4, -0.2) is 0 Å². The summed E-state index contributed by atoms with van der Waals surface area (Å²) in [4.78, 5) is 0. The zero-order chi connectivity index (χ0) is 6.95. The molecule has 0 rings (SSSR count). The lowest BCUT2D eigenvalue weighted by atomic mass is 10.1. The lowest BCUT2D eigenvalue weighted by Gasteiger charge is -1.95. The molecule has 9 heavy (non-hydrogen) atoms. The van der Waals surface area contributed by atoms with Gasteiger partial charge in [-0.3, -0.25) is 0 Å². The van der Waals surface area contributed by atoms with E-state index >= 15 is 0 Å². The second-order valence-corrected chi connectivity index (χ2v) is 2.28. The summed E-state index contributed by atoms with van der Waals surface area (Å²) < 4.78 is 0. The van der Waals surface area contributed by atoms with Crippen molar-refractivity contribution in [1.82, 2.24) is 0 Å². The highest BCUT2D eigenvalue weighted by molar-refractivity contribution is 4.64. The Morgan fingerprint density at radius 2 is 1.67 bits per heavy atom. The van der Waals surface area contributed by atoms with E-state index in [4.69, 9.17) is 0 Å². The summed E-state index contributed by atoms with van der Waals surface area (Å²) in [6, 6.07) is 0. The minimum absolute atomic E-state index is 1.05. The number of rotatable bonds is 6. The molecule has 0 amide bonds. The van der Waals surface area contributed by atoms with Crippen LogP contribution in [0, 0.1) is 20.3 Å². The van der Waals surface area contributed by atoms with Crippen LogP contribution in [0.1, 0.15) is 38.5 Å². The molecule has 0 heterocycles. The minimum atomic E-state index is 1.05. The molecule has 0 saturated heterocycles. The fourth-order valence-electron chi connectivity index (χ4n) is 0.754. The lowest BCUT2D eigenvalue weighted by Crippen LogP contribution is -1.77. The first kappa shape index (κ1) is 9.00. The first-order valence-corrected chi connectivity index (χ1v) is 3.82. The van der Waals surface area contributed by atoms with Gasteiger partial charge in [-0.05, 0) is 6.42 Å². The molecule has 3 radical (unpaired) electrons. The van der Waals surface area contributed by atoms with Crippen LogP contribution in [0.25, 0.3) is 0 Å². The van der Waals surface area contributed by atoms with Crippen molar-refractivity contribution < 1.29 is 0 Å². The third-order valence-electron chi connectivity index (χ3n) is 1.32. The SMILES string of the molecule is [CH2]CC[CH]CCCC[CH2]. The maximum atomic E-state index is 3.78. The molecule has 0 nitrogen and oxygen atoms in total. The highest BCUT2D eigenvalue weighted by Gasteiger charge is 1.86. The van der Waals surface area contributed by atoms with Crippen molar-refractivity contribution >= 4 is 0 Å². The molecule has 0 atom stereocenters. The van der Waals surface area contributed by atoms with E-state index in [0.29, 0.717) is 0 Å². The highest BCUT2D eigenvalue weighted by Crippen LogP contribution is 2.04. The van der Waals surface area contributed by atoms with Gasteiger partial charge in [0.2, 0.25) is 0 Å². The molecule has 0 aliphatic heterocycles. The van der Waals surface area contributed by atoms with Crippen LogP contribution in [0.2, 0.25) is 0 Å². The summed E-state index contributed by atoms with van der Waals surface area (Å²) in [5.74, 6) is 0. The van der Waals surface area contributed by atoms with E-state index in [0.717, 1.165) is 12.8 Å². The molecule has 0 bridgehead atoms. The first-order chi connectivity index (χ1) is 4.41. The standard InChI is InChI=1S/C9H17/c1-3-5-7-9-8-6-4-2/h7H,1-6,8-9H2. The summed E-state index contributed by atoms with van der Waals surface area (Å²) in [6.45, 7) is 7.54. The van der Waals surface area contributed by atoms with Crippen LogP contribution in [0.5, 0.6) is 0 Å². The van der Waals surface area contributed by atoms with Crippen molar-refractivity contribution in [2.24, 2.45) is 0 Å². The molecule has 0 aromatic rings. The average Bonchev–Trinajstić information content (AvgIpc) is 1.89. The summed E-state index contributed by atoms with van der Waals surface area (Å²) in [7, 11) is 0. The zero-order valence-electron chi connectivity index (χ0n) is 6.23. The van der Waals surface area contributed by atoms with E-state index in [1.165, 1.54) is 25.7 Å². The van der Waals surface area contributed by atoms with Crippen molar-refractivity contribution in [3.8, 4) is 0 Å². The third-order valence-corrected chi connectivity index (χ3v) is 1.32. The van der Waals surface area contributed by atoms with Crippen molar-refractivity contribution in [1.29, 1.82) is 0 Å². The normalized spacial score (nSPS) is 10.0. The van der Waals surface area contributed by atoms with Gasteiger partial charge in [-0.25, -0.2) is 0 Å². The quantitative estimate of drug-likeness (QED) is 0.478. The van der Waals surface area contributed by atoms with Crippen molar-refractivity contribution in [3.05, 3.63) is 20.3 Å². The van der Waals surface area contributed by atoms with Crippen LogP contribution >= 0.6 is 0 Å². The van der Waals surface area contributed by atoms with Crippen LogP contribution < -0.4 is 0 Å². The maximum absolute atomic E-state index is 3.78. The molecular weight excluding hydrogens is 108 g/mol. The van der Waals surface area contributed by atoms with Gasteiger partial charge in [0.1, 0.15) is 0 Å². The average molecular weight is 125 g/mol. The van der Waals surface area contributed by atoms with Gasteiger partial charge in [0.05, 0.1) is 0 Å². The summed E-state index contributed by atoms with van der Waals surface area (Å²) >= 11 is 0. The van der Waals surface area contributed by atoms with Crippen molar-refractivity contribution in [3.63, 3.8) is 0 Å². The second kappa shape index (κ2) is 8.00. The second-order valence-electron chi connectivity index (χ2n) is 2.28. The molecule has 0 aromatic carbocycles. The fourth-order valence-corrected chi connectivity index (χ4v) is 0.754. The fraction of sp³-hybridized carbons (Fsp3) is 0.667. The molecule has 0 fully saturated rings.